The highest BCUT2D eigenvalue weighted by atomic mass is 32.2. The number of fused-ring (bicyclic) bond motifs is 1. The molecule has 4 rings (SSSR count). The van der Waals surface area contributed by atoms with E-state index in [0.29, 0.717) is 41.5 Å². The Morgan fingerprint density at radius 3 is 2.19 bits per heavy atom. The van der Waals surface area contributed by atoms with Crippen LogP contribution in [0.25, 0.3) is 0 Å². The minimum Gasteiger partial charge on any atom is -0.493 e. The highest BCUT2D eigenvalue weighted by molar-refractivity contribution is 7.92. The van der Waals surface area contributed by atoms with E-state index in [9.17, 15) is 13.2 Å². The molecular weight excluding hydrogens is 480 g/mol. The largest absolute Gasteiger partial charge is 0.493 e. The Labute approximate surface area is 212 Å². The lowest BCUT2D eigenvalue weighted by Crippen LogP contribution is -2.35. The predicted octanol–water partition coefficient (Wildman–Crippen LogP) is 4.12. The van der Waals surface area contributed by atoms with Gasteiger partial charge < -0.3 is 19.1 Å². The zero-order valence-electron chi connectivity index (χ0n) is 21.0. The van der Waals surface area contributed by atoms with Gasteiger partial charge >= 0.3 is 0 Å². The van der Waals surface area contributed by atoms with Crippen molar-refractivity contribution in [2.75, 3.05) is 32.7 Å². The van der Waals surface area contributed by atoms with E-state index in [1.165, 1.54) is 11.4 Å². The van der Waals surface area contributed by atoms with Crippen LogP contribution in [0.5, 0.6) is 17.2 Å². The predicted molar refractivity (Wildman–Crippen MR) is 138 cm³/mol. The van der Waals surface area contributed by atoms with Crippen LogP contribution in [0.1, 0.15) is 28.4 Å². The van der Waals surface area contributed by atoms with Gasteiger partial charge in [0.2, 0.25) is 5.75 Å². The molecule has 9 heteroatoms. The van der Waals surface area contributed by atoms with Crippen molar-refractivity contribution in [3.63, 3.8) is 0 Å². The summed E-state index contributed by atoms with van der Waals surface area (Å²) in [4.78, 5) is 15.1. The number of nitrogens with zero attached hydrogens (tertiary/aromatic N) is 2. The smallest absolute Gasteiger partial charge is 0.264 e. The fraction of sp³-hybridized carbons (Fsp3) is 0.296. The molecule has 1 amide bonds. The van der Waals surface area contributed by atoms with Crippen molar-refractivity contribution in [3.8, 4) is 17.2 Å². The van der Waals surface area contributed by atoms with Crippen molar-refractivity contribution in [3.05, 3.63) is 77.4 Å². The van der Waals surface area contributed by atoms with E-state index in [0.717, 1.165) is 11.1 Å². The number of ether oxygens (including phenoxy) is 3. The molecule has 3 aromatic carbocycles. The quantitative estimate of drug-likeness (QED) is 0.453. The van der Waals surface area contributed by atoms with Crippen LogP contribution in [-0.2, 0) is 23.0 Å². The van der Waals surface area contributed by atoms with E-state index in [1.54, 1.807) is 74.7 Å². The highest BCUT2D eigenvalue weighted by Gasteiger charge is 2.36. The molecule has 0 N–H and O–H groups in total. The number of amides is 1. The fourth-order valence-corrected chi connectivity index (χ4v) is 6.31. The van der Waals surface area contributed by atoms with Gasteiger partial charge in [-0.05, 0) is 66.9 Å². The maximum absolute atomic E-state index is 13.3. The SMILES string of the molecule is COc1cc(CN(C)C(=O)c2ccc3c(c2)CC(C)N3S(=O)(=O)c2ccccc2)cc(OC)c1OC. The monoisotopic (exact) mass is 510 g/mol. The third-order valence-electron chi connectivity index (χ3n) is 6.27. The van der Waals surface area contributed by atoms with E-state index in [1.807, 2.05) is 19.1 Å². The molecule has 0 spiro atoms. The average molecular weight is 511 g/mol. The van der Waals surface area contributed by atoms with Crippen LogP contribution in [0.15, 0.2) is 65.6 Å². The molecule has 1 aliphatic rings. The molecule has 36 heavy (non-hydrogen) atoms. The number of carbonyl (C=O) groups is 1. The zero-order valence-corrected chi connectivity index (χ0v) is 21.8. The van der Waals surface area contributed by atoms with Crippen LogP contribution in [0.3, 0.4) is 0 Å². The normalized spacial score (nSPS) is 14.8. The Morgan fingerprint density at radius 1 is 0.972 bits per heavy atom. The van der Waals surface area contributed by atoms with E-state index in [-0.39, 0.29) is 16.8 Å². The number of rotatable bonds is 8. The lowest BCUT2D eigenvalue weighted by Gasteiger charge is -2.24. The maximum atomic E-state index is 13.3. The Balaban J connectivity index is 1.58. The number of carbonyl (C=O) groups excluding carboxylic acids is 1. The van der Waals surface area contributed by atoms with Crippen LogP contribution in [0.2, 0.25) is 0 Å². The second kappa shape index (κ2) is 10.1. The van der Waals surface area contributed by atoms with Gasteiger partial charge in [0.25, 0.3) is 15.9 Å². The summed E-state index contributed by atoms with van der Waals surface area (Å²) in [5.74, 6) is 1.34. The molecule has 1 unspecified atom stereocenters. The van der Waals surface area contributed by atoms with Crippen LogP contribution >= 0.6 is 0 Å². The van der Waals surface area contributed by atoms with Crippen molar-refractivity contribution in [1.82, 2.24) is 4.90 Å². The zero-order chi connectivity index (χ0) is 26.0. The topological polar surface area (TPSA) is 85.4 Å². The summed E-state index contributed by atoms with van der Waals surface area (Å²) in [7, 11) is 2.64. The van der Waals surface area contributed by atoms with E-state index < -0.39 is 10.0 Å². The van der Waals surface area contributed by atoms with Crippen molar-refractivity contribution in [1.29, 1.82) is 0 Å². The standard InChI is InChI=1S/C27H30N2O6S/c1-18-13-21-16-20(11-12-23(21)29(18)36(31,32)22-9-7-6-8-10-22)27(30)28(2)17-19-14-24(33-3)26(35-5)25(15-19)34-4/h6-12,14-16,18H,13,17H2,1-5H3. The number of benzene rings is 3. The van der Waals surface area contributed by atoms with Gasteiger partial charge in [0.1, 0.15) is 0 Å². The van der Waals surface area contributed by atoms with Crippen LogP contribution in [0, 0.1) is 0 Å². The minimum absolute atomic E-state index is 0.177. The summed E-state index contributed by atoms with van der Waals surface area (Å²) in [6.07, 6.45) is 0.527. The fourth-order valence-electron chi connectivity index (χ4n) is 4.60. The highest BCUT2D eigenvalue weighted by Crippen LogP contribution is 2.39. The molecule has 0 saturated carbocycles. The number of hydrogen-bond acceptors (Lipinski definition) is 6. The van der Waals surface area contributed by atoms with Gasteiger partial charge in [0.05, 0.1) is 31.9 Å². The van der Waals surface area contributed by atoms with Crippen molar-refractivity contribution >= 4 is 21.6 Å². The Kier molecular flexibility index (Phi) is 7.12. The summed E-state index contributed by atoms with van der Waals surface area (Å²) in [5.41, 5.74) is 2.74. The molecule has 190 valence electrons. The number of anilines is 1. The molecule has 0 radical (unpaired) electrons. The van der Waals surface area contributed by atoms with Gasteiger partial charge in [0, 0.05) is 25.2 Å². The van der Waals surface area contributed by atoms with Crippen molar-refractivity contribution < 1.29 is 27.4 Å². The van der Waals surface area contributed by atoms with Crippen LogP contribution in [-0.4, -0.2) is 53.6 Å². The minimum atomic E-state index is -3.71. The molecule has 0 aromatic heterocycles. The molecule has 0 bridgehead atoms. The second-order valence-electron chi connectivity index (χ2n) is 8.71. The summed E-state index contributed by atoms with van der Waals surface area (Å²) in [6.45, 7) is 2.19. The molecule has 1 aliphatic heterocycles. The van der Waals surface area contributed by atoms with Crippen LogP contribution < -0.4 is 18.5 Å². The molecular formula is C27H30N2O6S. The summed E-state index contributed by atoms with van der Waals surface area (Å²) < 4.78 is 44.3. The number of hydrogen-bond donors (Lipinski definition) is 0. The first-order valence-electron chi connectivity index (χ1n) is 11.5. The molecule has 1 heterocycles. The Hall–Kier alpha value is -3.72. The first-order chi connectivity index (χ1) is 17.2. The molecule has 0 saturated heterocycles. The van der Waals surface area contributed by atoms with Crippen molar-refractivity contribution in [2.45, 2.75) is 30.8 Å². The number of methoxy groups -OCH3 is 3. The van der Waals surface area contributed by atoms with Gasteiger partial charge in [-0.15, -0.1) is 0 Å². The van der Waals surface area contributed by atoms with E-state index in [2.05, 4.69) is 0 Å². The van der Waals surface area contributed by atoms with Gasteiger partial charge in [-0.2, -0.15) is 0 Å². The summed E-state index contributed by atoms with van der Waals surface area (Å²) in [5, 5.41) is 0. The first-order valence-corrected chi connectivity index (χ1v) is 12.9. The molecule has 3 aromatic rings. The number of sulfonamides is 1. The van der Waals surface area contributed by atoms with Crippen molar-refractivity contribution in [2.24, 2.45) is 0 Å². The van der Waals surface area contributed by atoms with E-state index in [4.69, 9.17) is 14.2 Å². The van der Waals surface area contributed by atoms with Gasteiger partial charge in [-0.3, -0.25) is 9.10 Å². The Bertz CT molecular complexity index is 1350. The maximum Gasteiger partial charge on any atom is 0.264 e. The van der Waals surface area contributed by atoms with Gasteiger partial charge in [0.15, 0.2) is 11.5 Å². The molecule has 1 atom stereocenters. The van der Waals surface area contributed by atoms with Gasteiger partial charge in [-0.25, -0.2) is 8.42 Å². The lowest BCUT2D eigenvalue weighted by molar-refractivity contribution is 0.0784. The average Bonchev–Trinajstić information content (AvgIpc) is 3.23. The lowest BCUT2D eigenvalue weighted by atomic mass is 10.1. The molecule has 8 nitrogen and oxygen atoms in total. The first kappa shape index (κ1) is 25.4. The third-order valence-corrected chi connectivity index (χ3v) is 8.21. The summed E-state index contributed by atoms with van der Waals surface area (Å²) in [6, 6.07) is 16.9. The molecule has 0 fully saturated rings. The second-order valence-corrected chi connectivity index (χ2v) is 10.5. The van der Waals surface area contributed by atoms with Gasteiger partial charge in [-0.1, -0.05) is 18.2 Å². The Morgan fingerprint density at radius 2 is 1.61 bits per heavy atom. The third kappa shape index (κ3) is 4.58. The van der Waals surface area contributed by atoms with E-state index >= 15 is 0 Å². The van der Waals surface area contributed by atoms with Crippen LogP contribution in [0.4, 0.5) is 5.69 Å². The molecule has 0 aliphatic carbocycles. The summed E-state index contributed by atoms with van der Waals surface area (Å²) >= 11 is 0.